The second-order valence-corrected chi connectivity index (χ2v) is 11.9. The first-order valence-electron chi connectivity index (χ1n) is 14.2. The molecule has 0 aliphatic carbocycles. The van der Waals surface area contributed by atoms with Gasteiger partial charge < -0.3 is 14.4 Å². The van der Waals surface area contributed by atoms with Gasteiger partial charge in [-0.1, -0.05) is 45.7 Å². The Hall–Kier alpha value is -2.66. The highest BCUT2D eigenvalue weighted by Crippen LogP contribution is 2.48. The van der Waals surface area contributed by atoms with Gasteiger partial charge in [-0.3, -0.25) is 4.79 Å². The molecule has 4 nitrogen and oxygen atoms in total. The Kier molecular flexibility index (Phi) is 9.33. The van der Waals surface area contributed by atoms with Gasteiger partial charge in [0.05, 0.1) is 23.3 Å². The number of carbonyl (C=O) groups is 1. The number of hydrogen-bond donors (Lipinski definition) is 0. The zero-order chi connectivity index (χ0) is 31.0. The summed E-state index contributed by atoms with van der Waals surface area (Å²) in [4.78, 5) is 15.4. The van der Waals surface area contributed by atoms with Crippen molar-refractivity contribution >= 4 is 5.91 Å². The summed E-state index contributed by atoms with van der Waals surface area (Å²) >= 11 is 0. The number of rotatable bonds is 9. The maximum absolute atomic E-state index is 13.8. The Bertz CT molecular complexity index is 1210. The third-order valence-electron chi connectivity index (χ3n) is 8.29. The van der Waals surface area contributed by atoms with E-state index in [1.165, 1.54) is 19.1 Å². The summed E-state index contributed by atoms with van der Waals surface area (Å²) in [5.41, 5.74) is -3.05. The van der Waals surface area contributed by atoms with Crippen molar-refractivity contribution < 1.29 is 45.0 Å². The Morgan fingerprint density at radius 2 is 1.57 bits per heavy atom. The number of ether oxygens (including phenoxy) is 2. The fourth-order valence-corrected chi connectivity index (χ4v) is 6.16. The minimum Gasteiger partial charge on any atom is -0.368 e. The monoisotopic (exact) mass is 603 g/mol. The van der Waals surface area contributed by atoms with E-state index in [9.17, 15) is 35.5 Å². The molecule has 2 heterocycles. The predicted octanol–water partition coefficient (Wildman–Crippen LogP) is 8.31. The Labute approximate surface area is 241 Å². The Balaban J connectivity index is 1.67. The van der Waals surface area contributed by atoms with Gasteiger partial charge in [-0.05, 0) is 61.2 Å². The van der Waals surface area contributed by atoms with E-state index < -0.39 is 65.0 Å². The normalized spacial score (nSPS) is 25.0. The molecule has 1 amide bonds. The van der Waals surface area contributed by atoms with Crippen LogP contribution in [-0.2, 0) is 26.6 Å². The first-order valence-corrected chi connectivity index (χ1v) is 14.2. The number of hydrogen-bond acceptors (Lipinski definition) is 3. The largest absolute Gasteiger partial charge is 0.416 e. The predicted molar refractivity (Wildman–Crippen MR) is 142 cm³/mol. The SMILES string of the molecule is CCCCCOC1C(=O)N2C[C@H](O[C@H](C)c3cc(C(F)(F)F)cc(C(F)(F)F)c3)C(c3ccc(F)cc3)C2CC1(C)C. The van der Waals surface area contributed by atoms with Crippen LogP contribution in [0.15, 0.2) is 42.5 Å². The quantitative estimate of drug-likeness (QED) is 0.214. The smallest absolute Gasteiger partial charge is 0.368 e. The molecule has 2 fully saturated rings. The van der Waals surface area contributed by atoms with Crippen LogP contribution in [0.3, 0.4) is 0 Å². The van der Waals surface area contributed by atoms with E-state index in [1.807, 2.05) is 13.8 Å². The first kappa shape index (κ1) is 32.3. The molecule has 2 aliphatic heterocycles. The van der Waals surface area contributed by atoms with Crippen molar-refractivity contribution in [1.29, 1.82) is 0 Å². The van der Waals surface area contributed by atoms with Crippen LogP contribution < -0.4 is 0 Å². The number of nitrogens with zero attached hydrogens (tertiary/aromatic N) is 1. The van der Waals surface area contributed by atoms with Crippen LogP contribution >= 0.6 is 0 Å². The summed E-state index contributed by atoms with van der Waals surface area (Å²) in [5.74, 6) is -1.20. The van der Waals surface area contributed by atoms with E-state index >= 15 is 0 Å². The van der Waals surface area contributed by atoms with Crippen molar-refractivity contribution in [1.82, 2.24) is 4.90 Å². The molecule has 2 aromatic carbocycles. The lowest BCUT2D eigenvalue weighted by Crippen LogP contribution is -2.57. The minimum atomic E-state index is -5.00. The summed E-state index contributed by atoms with van der Waals surface area (Å²) in [7, 11) is 0. The third-order valence-corrected chi connectivity index (χ3v) is 8.29. The van der Waals surface area contributed by atoms with E-state index in [4.69, 9.17) is 9.47 Å². The van der Waals surface area contributed by atoms with Crippen LogP contribution in [0.25, 0.3) is 0 Å². The third kappa shape index (κ3) is 6.93. The van der Waals surface area contributed by atoms with E-state index in [0.717, 1.165) is 19.3 Å². The van der Waals surface area contributed by atoms with Crippen LogP contribution in [0.1, 0.15) is 87.7 Å². The van der Waals surface area contributed by atoms with E-state index in [2.05, 4.69) is 6.92 Å². The standard InChI is InChI=1S/C31H36F7NO3/c1-5-6-7-12-41-27-28(40)39-17-25(26(24(39)16-29(27,3)4)19-8-10-23(32)11-9-19)42-18(2)20-13-21(30(33,34)35)15-22(14-20)31(36,37)38/h8-11,13-15,18,24-27H,5-7,12,16-17H2,1-4H3/t18-,24?,25+,26?,27?/m1/s1. The highest BCUT2D eigenvalue weighted by molar-refractivity contribution is 5.84. The number of benzene rings is 2. The van der Waals surface area contributed by atoms with Crippen molar-refractivity contribution in [3.63, 3.8) is 0 Å². The van der Waals surface area contributed by atoms with Gasteiger partial charge >= 0.3 is 12.4 Å². The number of unbranched alkanes of at least 4 members (excludes halogenated alkanes) is 2. The minimum absolute atomic E-state index is 0.0614. The molecule has 3 unspecified atom stereocenters. The fourth-order valence-electron chi connectivity index (χ4n) is 6.16. The molecular weight excluding hydrogens is 567 g/mol. The molecule has 2 saturated heterocycles. The second kappa shape index (κ2) is 12.1. The lowest BCUT2D eigenvalue weighted by Gasteiger charge is -2.46. The number of amides is 1. The molecule has 0 spiro atoms. The lowest BCUT2D eigenvalue weighted by atomic mass is 9.72. The molecule has 2 aliphatic rings. The van der Waals surface area contributed by atoms with Gasteiger partial charge in [0.1, 0.15) is 11.9 Å². The molecule has 0 N–H and O–H groups in total. The highest BCUT2D eigenvalue weighted by atomic mass is 19.4. The summed E-state index contributed by atoms with van der Waals surface area (Å²) in [5, 5.41) is 0. The lowest BCUT2D eigenvalue weighted by molar-refractivity contribution is -0.163. The van der Waals surface area contributed by atoms with Gasteiger partial charge in [0, 0.05) is 30.5 Å². The molecule has 11 heteroatoms. The highest BCUT2D eigenvalue weighted by Gasteiger charge is 2.55. The summed E-state index contributed by atoms with van der Waals surface area (Å²) in [6.45, 7) is 7.80. The average Bonchev–Trinajstić information content (AvgIpc) is 3.24. The molecule has 0 aromatic heterocycles. The second-order valence-electron chi connectivity index (χ2n) is 11.9. The van der Waals surface area contributed by atoms with Crippen LogP contribution in [0.4, 0.5) is 30.7 Å². The van der Waals surface area contributed by atoms with Crippen molar-refractivity contribution in [3.8, 4) is 0 Å². The molecule has 42 heavy (non-hydrogen) atoms. The zero-order valence-electron chi connectivity index (χ0n) is 24.0. The molecule has 4 rings (SSSR count). The van der Waals surface area contributed by atoms with Gasteiger partial charge in [0.2, 0.25) is 0 Å². The maximum atomic E-state index is 13.8. The van der Waals surface area contributed by atoms with Crippen LogP contribution in [-0.4, -0.2) is 42.2 Å². The molecule has 2 aromatic rings. The fraction of sp³-hybridized carbons (Fsp3) is 0.581. The van der Waals surface area contributed by atoms with Crippen molar-refractivity contribution in [2.75, 3.05) is 13.2 Å². The number of halogens is 7. The molecule has 0 bridgehead atoms. The average molecular weight is 604 g/mol. The number of carbonyl (C=O) groups excluding carboxylic acids is 1. The van der Waals surface area contributed by atoms with Crippen molar-refractivity contribution in [2.45, 2.75) is 96.0 Å². The van der Waals surface area contributed by atoms with E-state index in [-0.39, 0.29) is 24.1 Å². The molecule has 0 radical (unpaired) electrons. The van der Waals surface area contributed by atoms with Gasteiger partial charge in [-0.25, -0.2) is 4.39 Å². The van der Waals surface area contributed by atoms with Gasteiger partial charge in [0.15, 0.2) is 0 Å². The molecular formula is C31H36F7NO3. The van der Waals surface area contributed by atoms with Crippen LogP contribution in [0.5, 0.6) is 0 Å². The number of fused-ring (bicyclic) bond motifs is 1. The Morgan fingerprint density at radius 3 is 2.12 bits per heavy atom. The van der Waals surface area contributed by atoms with Crippen molar-refractivity contribution in [3.05, 3.63) is 70.5 Å². The van der Waals surface area contributed by atoms with E-state index in [1.54, 1.807) is 17.0 Å². The maximum Gasteiger partial charge on any atom is 0.416 e. The van der Waals surface area contributed by atoms with Gasteiger partial charge in [-0.2, -0.15) is 26.3 Å². The molecule has 232 valence electrons. The zero-order valence-corrected chi connectivity index (χ0v) is 24.0. The topological polar surface area (TPSA) is 38.8 Å². The molecule has 0 saturated carbocycles. The van der Waals surface area contributed by atoms with Gasteiger partial charge in [0.25, 0.3) is 5.91 Å². The molecule has 5 atom stereocenters. The van der Waals surface area contributed by atoms with Crippen molar-refractivity contribution in [2.24, 2.45) is 5.41 Å². The van der Waals surface area contributed by atoms with Crippen LogP contribution in [0.2, 0.25) is 0 Å². The summed E-state index contributed by atoms with van der Waals surface area (Å²) in [6.07, 6.45) is -9.40. The summed E-state index contributed by atoms with van der Waals surface area (Å²) < 4.78 is 107. The first-order chi connectivity index (χ1) is 19.5. The number of alkyl halides is 6. The van der Waals surface area contributed by atoms with Crippen LogP contribution in [0, 0.1) is 11.2 Å². The summed E-state index contributed by atoms with van der Waals surface area (Å²) in [6, 6.07) is 6.69. The van der Waals surface area contributed by atoms with Gasteiger partial charge in [-0.15, -0.1) is 0 Å². The Morgan fingerprint density at radius 1 is 0.976 bits per heavy atom. The number of piperidine rings is 1. The van der Waals surface area contributed by atoms with E-state index in [0.29, 0.717) is 30.7 Å².